The van der Waals surface area contributed by atoms with Crippen molar-refractivity contribution in [3.05, 3.63) is 62.6 Å². The van der Waals surface area contributed by atoms with Crippen LogP contribution in [-0.4, -0.2) is 11.1 Å². The van der Waals surface area contributed by atoms with Crippen LogP contribution in [0, 0.1) is 0 Å². The summed E-state index contributed by atoms with van der Waals surface area (Å²) in [4.78, 5) is 11.1. The van der Waals surface area contributed by atoms with Crippen molar-refractivity contribution in [1.29, 1.82) is 0 Å². The van der Waals surface area contributed by atoms with Gasteiger partial charge in [-0.15, -0.1) is 0 Å². The third-order valence-electron chi connectivity index (χ3n) is 2.57. The smallest absolute Gasteiger partial charge is 0.341 e. The summed E-state index contributed by atoms with van der Waals surface area (Å²) in [5.41, 5.74) is 0.713. The second-order valence-corrected chi connectivity index (χ2v) is 5.18. The largest absolute Gasteiger partial charge is 0.488 e. The van der Waals surface area contributed by atoms with E-state index in [1.54, 1.807) is 30.3 Å². The molecule has 2 aromatic rings. The van der Waals surface area contributed by atoms with E-state index in [1.165, 1.54) is 6.07 Å². The molecule has 104 valence electrons. The van der Waals surface area contributed by atoms with Gasteiger partial charge >= 0.3 is 5.97 Å². The monoisotopic (exact) mass is 330 g/mol. The summed E-state index contributed by atoms with van der Waals surface area (Å²) >= 11 is 17.6. The molecule has 1 N–H and O–H groups in total. The highest BCUT2D eigenvalue weighted by molar-refractivity contribution is 6.42. The quantitative estimate of drug-likeness (QED) is 0.864. The van der Waals surface area contributed by atoms with Gasteiger partial charge in [0.15, 0.2) is 0 Å². The van der Waals surface area contributed by atoms with E-state index < -0.39 is 5.97 Å². The van der Waals surface area contributed by atoms with Gasteiger partial charge < -0.3 is 9.84 Å². The maximum Gasteiger partial charge on any atom is 0.341 e. The van der Waals surface area contributed by atoms with Crippen LogP contribution in [0.4, 0.5) is 0 Å². The molecule has 0 spiro atoms. The fourth-order valence-corrected chi connectivity index (χ4v) is 2.19. The summed E-state index contributed by atoms with van der Waals surface area (Å²) in [6, 6.07) is 9.73. The van der Waals surface area contributed by atoms with Crippen LogP contribution in [0.15, 0.2) is 36.4 Å². The summed E-state index contributed by atoms with van der Waals surface area (Å²) in [7, 11) is 0. The number of halogens is 3. The zero-order chi connectivity index (χ0) is 14.7. The molecule has 2 aromatic carbocycles. The molecule has 0 radical (unpaired) electrons. The summed E-state index contributed by atoms with van der Waals surface area (Å²) in [6.45, 7) is 0.164. The van der Waals surface area contributed by atoms with Crippen LogP contribution < -0.4 is 4.74 Å². The Hall–Kier alpha value is -1.42. The van der Waals surface area contributed by atoms with Crippen LogP contribution in [0.25, 0.3) is 0 Å². The molecule has 0 bridgehead atoms. The van der Waals surface area contributed by atoms with E-state index >= 15 is 0 Å². The number of carboxylic acids is 1. The van der Waals surface area contributed by atoms with E-state index in [1.807, 2.05) is 0 Å². The lowest BCUT2D eigenvalue weighted by Gasteiger charge is -2.10. The molecule has 0 aliphatic heterocycles. The highest BCUT2D eigenvalue weighted by atomic mass is 35.5. The van der Waals surface area contributed by atoms with Gasteiger partial charge in [0.1, 0.15) is 17.9 Å². The summed E-state index contributed by atoms with van der Waals surface area (Å²) in [5, 5.41) is 10.1. The van der Waals surface area contributed by atoms with Crippen molar-refractivity contribution < 1.29 is 14.6 Å². The first kappa shape index (κ1) is 15.0. The molecule has 2 rings (SSSR count). The molecule has 0 atom stereocenters. The number of aromatic carboxylic acids is 1. The Morgan fingerprint density at radius 2 is 1.80 bits per heavy atom. The maximum absolute atomic E-state index is 11.1. The van der Waals surface area contributed by atoms with Crippen LogP contribution in [0.1, 0.15) is 15.9 Å². The Morgan fingerprint density at radius 1 is 1.05 bits per heavy atom. The van der Waals surface area contributed by atoms with Crippen LogP contribution in [0.3, 0.4) is 0 Å². The van der Waals surface area contributed by atoms with Gasteiger partial charge in [-0.25, -0.2) is 4.79 Å². The second kappa shape index (κ2) is 6.35. The number of ether oxygens (including phenoxy) is 1. The minimum absolute atomic E-state index is 0.0609. The van der Waals surface area contributed by atoms with Gasteiger partial charge in [-0.1, -0.05) is 46.9 Å². The van der Waals surface area contributed by atoms with Crippen molar-refractivity contribution in [2.75, 3.05) is 0 Å². The van der Waals surface area contributed by atoms with Gasteiger partial charge in [0.25, 0.3) is 0 Å². The predicted molar refractivity (Wildman–Crippen MR) is 79.2 cm³/mol. The number of benzene rings is 2. The Bertz CT molecular complexity index is 656. The minimum Gasteiger partial charge on any atom is -0.488 e. The topological polar surface area (TPSA) is 46.5 Å². The zero-order valence-electron chi connectivity index (χ0n) is 10.1. The van der Waals surface area contributed by atoms with Crippen LogP contribution in [0.2, 0.25) is 15.1 Å². The standard InChI is InChI=1S/C14H9Cl3O3/c15-9-5-4-8(6-11(9)17)7-20-12-3-1-2-10(16)13(12)14(18)19/h1-6H,7H2,(H,18,19). The highest BCUT2D eigenvalue weighted by Gasteiger charge is 2.15. The summed E-state index contributed by atoms with van der Waals surface area (Å²) < 4.78 is 5.49. The van der Waals surface area contributed by atoms with Crippen LogP contribution >= 0.6 is 34.8 Å². The molecule has 0 saturated carbocycles. The van der Waals surface area contributed by atoms with Gasteiger partial charge in [0, 0.05) is 0 Å². The second-order valence-electron chi connectivity index (χ2n) is 3.96. The summed E-state index contributed by atoms with van der Waals surface area (Å²) in [6.07, 6.45) is 0. The molecule has 0 aliphatic carbocycles. The molecular formula is C14H9Cl3O3. The summed E-state index contributed by atoms with van der Waals surface area (Å²) in [5.74, 6) is -0.934. The Balaban J connectivity index is 2.21. The molecule has 3 nitrogen and oxygen atoms in total. The van der Waals surface area contributed by atoms with Crippen LogP contribution in [-0.2, 0) is 6.61 Å². The lowest BCUT2D eigenvalue weighted by atomic mass is 10.2. The van der Waals surface area contributed by atoms with Crippen molar-refractivity contribution in [1.82, 2.24) is 0 Å². The molecule has 0 aliphatic rings. The highest BCUT2D eigenvalue weighted by Crippen LogP contribution is 2.28. The fraction of sp³-hybridized carbons (Fsp3) is 0.0714. The van der Waals surface area contributed by atoms with Crippen molar-refractivity contribution >= 4 is 40.8 Å². The Morgan fingerprint density at radius 3 is 2.45 bits per heavy atom. The predicted octanol–water partition coefficient (Wildman–Crippen LogP) is 4.92. The molecule has 20 heavy (non-hydrogen) atoms. The average molecular weight is 332 g/mol. The fourth-order valence-electron chi connectivity index (χ4n) is 1.62. The zero-order valence-corrected chi connectivity index (χ0v) is 12.3. The number of carbonyl (C=O) groups is 1. The van der Waals surface area contributed by atoms with Gasteiger partial charge in [-0.2, -0.15) is 0 Å². The third-order valence-corrected chi connectivity index (χ3v) is 3.62. The molecule has 6 heteroatoms. The van der Waals surface area contributed by atoms with Gasteiger partial charge in [-0.3, -0.25) is 0 Å². The van der Waals surface area contributed by atoms with Crippen molar-refractivity contribution in [2.24, 2.45) is 0 Å². The van der Waals surface area contributed by atoms with E-state index in [-0.39, 0.29) is 22.9 Å². The van der Waals surface area contributed by atoms with Crippen LogP contribution in [0.5, 0.6) is 5.75 Å². The molecule has 0 aromatic heterocycles. The Labute approximate surface area is 130 Å². The van der Waals surface area contributed by atoms with Crippen molar-refractivity contribution in [3.63, 3.8) is 0 Å². The number of rotatable bonds is 4. The number of hydrogen-bond acceptors (Lipinski definition) is 2. The third kappa shape index (κ3) is 3.37. The van der Waals surface area contributed by atoms with Gasteiger partial charge in [-0.05, 0) is 29.8 Å². The first-order valence-corrected chi connectivity index (χ1v) is 6.71. The lowest BCUT2D eigenvalue weighted by molar-refractivity contribution is 0.0692. The van der Waals surface area contributed by atoms with E-state index in [4.69, 9.17) is 44.6 Å². The molecule has 0 fully saturated rings. The molecule has 0 heterocycles. The number of hydrogen-bond donors (Lipinski definition) is 1. The van der Waals surface area contributed by atoms with Gasteiger partial charge in [0.2, 0.25) is 0 Å². The number of carboxylic acid groups (broad SMARTS) is 1. The van der Waals surface area contributed by atoms with E-state index in [0.717, 1.165) is 5.56 Å². The Kier molecular flexibility index (Phi) is 4.76. The minimum atomic E-state index is -1.14. The molecule has 0 unspecified atom stereocenters. The molecule has 0 saturated heterocycles. The SMILES string of the molecule is O=C(O)c1c(Cl)cccc1OCc1ccc(Cl)c(Cl)c1. The van der Waals surface area contributed by atoms with Crippen molar-refractivity contribution in [2.45, 2.75) is 6.61 Å². The first-order valence-electron chi connectivity index (χ1n) is 5.57. The van der Waals surface area contributed by atoms with Crippen molar-refractivity contribution in [3.8, 4) is 5.75 Å². The van der Waals surface area contributed by atoms with E-state index in [9.17, 15) is 4.79 Å². The molecule has 0 amide bonds. The first-order chi connectivity index (χ1) is 9.49. The maximum atomic E-state index is 11.1. The van der Waals surface area contributed by atoms with E-state index in [2.05, 4.69) is 0 Å². The normalized spacial score (nSPS) is 10.3. The molecular weight excluding hydrogens is 323 g/mol. The van der Waals surface area contributed by atoms with Gasteiger partial charge in [0.05, 0.1) is 15.1 Å². The lowest BCUT2D eigenvalue weighted by Crippen LogP contribution is -2.04. The van der Waals surface area contributed by atoms with E-state index in [0.29, 0.717) is 10.0 Å². The average Bonchev–Trinajstić information content (AvgIpc) is 2.39.